The molecule has 0 spiro atoms. The second-order valence-corrected chi connectivity index (χ2v) is 6.69. The fourth-order valence-electron chi connectivity index (χ4n) is 2.45. The van der Waals surface area contributed by atoms with Crippen LogP contribution in [0.3, 0.4) is 0 Å². The summed E-state index contributed by atoms with van der Waals surface area (Å²) in [4.78, 5) is 19.3. The van der Waals surface area contributed by atoms with Crippen molar-refractivity contribution in [2.24, 2.45) is 16.3 Å². The average molecular weight is 296 g/mol. The first-order valence-corrected chi connectivity index (χ1v) is 7.40. The van der Waals surface area contributed by atoms with Crippen LogP contribution in [0.25, 0.3) is 0 Å². The van der Waals surface area contributed by atoms with Gasteiger partial charge in [0.2, 0.25) is 0 Å². The number of hydrogen-bond donors (Lipinski definition) is 2. The minimum absolute atomic E-state index is 0.0367. The molecule has 20 heavy (non-hydrogen) atoms. The first-order valence-electron chi connectivity index (χ1n) is 6.59. The number of nitrogens with two attached hydrogens (primary N) is 1. The molecule has 1 aliphatic heterocycles. The lowest BCUT2D eigenvalue weighted by Crippen LogP contribution is -2.47. The number of aryl methyl sites for hydroxylation is 2. The highest BCUT2D eigenvalue weighted by Gasteiger charge is 2.36. The van der Waals surface area contributed by atoms with Gasteiger partial charge in [0.25, 0.3) is 5.91 Å². The van der Waals surface area contributed by atoms with Crippen molar-refractivity contribution < 1.29 is 10.0 Å². The minimum Gasteiger partial charge on any atom is -0.409 e. The summed E-state index contributed by atoms with van der Waals surface area (Å²) < 4.78 is 0. The number of oxime groups is 1. The van der Waals surface area contributed by atoms with Crippen LogP contribution in [-0.4, -0.2) is 39.9 Å². The van der Waals surface area contributed by atoms with E-state index in [0.29, 0.717) is 25.9 Å². The standard InChI is InChI=1S/C13H20N4O2S/c1-8-10(20-9(2)15-8)11(18)17-6-4-13(3,5-7-17)12(14)16-19/h19H,4-7H2,1-3H3,(H2,14,16). The SMILES string of the molecule is Cc1nc(C)c(C(=O)N2CCC(C)(C(N)=NO)CC2)s1. The summed E-state index contributed by atoms with van der Waals surface area (Å²) in [5.74, 6) is 0.282. The summed E-state index contributed by atoms with van der Waals surface area (Å²) in [5.41, 5.74) is 6.20. The van der Waals surface area contributed by atoms with E-state index < -0.39 is 0 Å². The zero-order valence-electron chi connectivity index (χ0n) is 12.0. The third-order valence-electron chi connectivity index (χ3n) is 3.98. The van der Waals surface area contributed by atoms with Crippen molar-refractivity contribution in [2.75, 3.05) is 13.1 Å². The summed E-state index contributed by atoms with van der Waals surface area (Å²) in [6, 6.07) is 0. The molecule has 0 unspecified atom stereocenters. The Labute approximate surface area is 122 Å². The Morgan fingerprint density at radius 3 is 2.50 bits per heavy atom. The van der Waals surface area contributed by atoms with E-state index in [1.807, 2.05) is 25.7 Å². The molecule has 0 atom stereocenters. The summed E-state index contributed by atoms with van der Waals surface area (Å²) in [5, 5.41) is 12.8. The lowest BCUT2D eigenvalue weighted by atomic mass is 9.79. The van der Waals surface area contributed by atoms with Gasteiger partial charge in [0, 0.05) is 18.5 Å². The van der Waals surface area contributed by atoms with Crippen molar-refractivity contribution in [3.8, 4) is 0 Å². The third kappa shape index (κ3) is 2.63. The maximum atomic E-state index is 12.5. The van der Waals surface area contributed by atoms with E-state index >= 15 is 0 Å². The second-order valence-electron chi connectivity index (χ2n) is 5.49. The molecule has 1 fully saturated rings. The molecular weight excluding hydrogens is 276 g/mol. The van der Waals surface area contributed by atoms with Gasteiger partial charge in [-0.25, -0.2) is 4.98 Å². The average Bonchev–Trinajstić information content (AvgIpc) is 2.76. The topological polar surface area (TPSA) is 91.8 Å². The monoisotopic (exact) mass is 296 g/mol. The predicted octanol–water partition coefficient (Wildman–Crippen LogP) is 1.75. The van der Waals surface area contributed by atoms with Gasteiger partial charge in [0.1, 0.15) is 10.7 Å². The molecule has 110 valence electrons. The molecule has 3 N–H and O–H groups in total. The molecule has 7 heteroatoms. The Morgan fingerprint density at radius 2 is 2.05 bits per heavy atom. The quantitative estimate of drug-likeness (QED) is 0.376. The smallest absolute Gasteiger partial charge is 0.265 e. The maximum absolute atomic E-state index is 12.5. The van der Waals surface area contributed by atoms with Gasteiger partial charge in [-0.05, 0) is 26.7 Å². The van der Waals surface area contributed by atoms with Crippen molar-refractivity contribution >= 4 is 23.1 Å². The molecule has 0 aromatic carbocycles. The zero-order valence-corrected chi connectivity index (χ0v) is 12.8. The van der Waals surface area contributed by atoms with E-state index in [1.54, 1.807) is 0 Å². The van der Waals surface area contributed by atoms with Crippen molar-refractivity contribution in [2.45, 2.75) is 33.6 Å². The van der Waals surface area contributed by atoms with Gasteiger partial charge >= 0.3 is 0 Å². The van der Waals surface area contributed by atoms with Crippen molar-refractivity contribution in [3.63, 3.8) is 0 Å². The van der Waals surface area contributed by atoms with Crippen molar-refractivity contribution in [1.82, 2.24) is 9.88 Å². The summed E-state index contributed by atoms with van der Waals surface area (Å²) in [7, 11) is 0. The molecule has 0 bridgehead atoms. The van der Waals surface area contributed by atoms with Gasteiger partial charge in [0.15, 0.2) is 0 Å². The Morgan fingerprint density at radius 1 is 1.45 bits per heavy atom. The molecule has 1 aliphatic rings. The highest BCUT2D eigenvalue weighted by atomic mass is 32.1. The Hall–Kier alpha value is -1.63. The molecule has 2 heterocycles. The highest BCUT2D eigenvalue weighted by Crippen LogP contribution is 2.32. The third-order valence-corrected chi connectivity index (χ3v) is 5.04. The lowest BCUT2D eigenvalue weighted by molar-refractivity contribution is 0.0670. The van der Waals surface area contributed by atoms with Crippen LogP contribution in [0, 0.1) is 19.3 Å². The minimum atomic E-state index is -0.329. The summed E-state index contributed by atoms with van der Waals surface area (Å²) in [6.07, 6.45) is 1.40. The van der Waals surface area contributed by atoms with Gasteiger partial charge < -0.3 is 15.8 Å². The summed E-state index contributed by atoms with van der Waals surface area (Å²) >= 11 is 1.44. The van der Waals surface area contributed by atoms with Gasteiger partial charge in [-0.2, -0.15) is 0 Å². The van der Waals surface area contributed by atoms with Crippen LogP contribution >= 0.6 is 11.3 Å². The number of thiazole rings is 1. The number of aromatic nitrogens is 1. The van der Waals surface area contributed by atoms with Gasteiger partial charge in [0.05, 0.1) is 10.7 Å². The molecule has 0 radical (unpaired) electrons. The highest BCUT2D eigenvalue weighted by molar-refractivity contribution is 7.13. The number of carbonyl (C=O) groups is 1. The van der Waals surface area contributed by atoms with Crippen molar-refractivity contribution in [1.29, 1.82) is 0 Å². The molecule has 0 aliphatic carbocycles. The number of rotatable bonds is 2. The normalized spacial score (nSPS) is 19.1. The second kappa shape index (κ2) is 5.40. The van der Waals surface area contributed by atoms with E-state index in [0.717, 1.165) is 15.6 Å². The van der Waals surface area contributed by atoms with E-state index in [1.165, 1.54) is 11.3 Å². The van der Waals surface area contributed by atoms with E-state index in [-0.39, 0.29) is 17.2 Å². The zero-order chi connectivity index (χ0) is 14.9. The fourth-order valence-corrected chi connectivity index (χ4v) is 3.34. The van der Waals surface area contributed by atoms with Gasteiger partial charge in [-0.3, -0.25) is 4.79 Å². The number of carbonyl (C=O) groups excluding carboxylic acids is 1. The first kappa shape index (κ1) is 14.8. The number of amides is 1. The van der Waals surface area contributed by atoms with Crippen LogP contribution in [0.1, 0.15) is 40.1 Å². The fraction of sp³-hybridized carbons (Fsp3) is 0.615. The molecule has 6 nitrogen and oxygen atoms in total. The molecule has 0 saturated carbocycles. The predicted molar refractivity (Wildman–Crippen MR) is 78.2 cm³/mol. The van der Waals surface area contributed by atoms with Crippen LogP contribution in [0.15, 0.2) is 5.16 Å². The number of piperidine rings is 1. The molecular formula is C13H20N4O2S. The van der Waals surface area contributed by atoms with Gasteiger partial charge in [-0.15, -0.1) is 11.3 Å². The summed E-state index contributed by atoms with van der Waals surface area (Å²) in [6.45, 7) is 6.96. The molecule has 1 aromatic heterocycles. The number of amidine groups is 1. The molecule has 1 aromatic rings. The van der Waals surface area contributed by atoms with Crippen LogP contribution in [-0.2, 0) is 0 Å². The Bertz CT molecular complexity index is 545. The van der Waals surface area contributed by atoms with E-state index in [4.69, 9.17) is 10.9 Å². The molecule has 2 rings (SSSR count). The van der Waals surface area contributed by atoms with Gasteiger partial charge in [-0.1, -0.05) is 12.1 Å². The van der Waals surface area contributed by atoms with Crippen LogP contribution in [0.2, 0.25) is 0 Å². The first-order chi connectivity index (χ1) is 9.37. The Balaban J connectivity index is 2.08. The van der Waals surface area contributed by atoms with Crippen LogP contribution in [0.5, 0.6) is 0 Å². The van der Waals surface area contributed by atoms with Crippen molar-refractivity contribution in [3.05, 3.63) is 15.6 Å². The number of hydrogen-bond acceptors (Lipinski definition) is 5. The number of nitrogens with zero attached hydrogens (tertiary/aromatic N) is 3. The largest absolute Gasteiger partial charge is 0.409 e. The molecule has 1 amide bonds. The van der Waals surface area contributed by atoms with Crippen LogP contribution in [0.4, 0.5) is 0 Å². The van der Waals surface area contributed by atoms with E-state index in [9.17, 15) is 4.79 Å². The van der Waals surface area contributed by atoms with E-state index in [2.05, 4.69) is 10.1 Å². The molecule has 1 saturated heterocycles. The lowest BCUT2D eigenvalue weighted by Gasteiger charge is -2.38. The number of likely N-dealkylation sites (tertiary alicyclic amines) is 1. The van der Waals surface area contributed by atoms with Crippen LogP contribution < -0.4 is 5.73 Å². The Kier molecular flexibility index (Phi) is 3.99. The maximum Gasteiger partial charge on any atom is 0.265 e.